The Morgan fingerprint density at radius 3 is 2.18 bits per heavy atom. The van der Waals surface area contributed by atoms with Gasteiger partial charge in [0.15, 0.2) is 0 Å². The van der Waals surface area contributed by atoms with Gasteiger partial charge < -0.3 is 5.11 Å². The van der Waals surface area contributed by atoms with E-state index in [0.29, 0.717) is 5.76 Å². The summed E-state index contributed by atoms with van der Waals surface area (Å²) in [7, 11) is 0. The molecule has 0 fully saturated rings. The first-order valence-electron chi connectivity index (χ1n) is 2.73. The fraction of sp³-hybridized carbons (Fsp3) is 0.143. The summed E-state index contributed by atoms with van der Waals surface area (Å²) in [5, 5.41) is 8.53. The van der Waals surface area contributed by atoms with E-state index in [1.54, 1.807) is 6.08 Å². The van der Waals surface area contributed by atoms with Crippen LogP contribution in [-0.2, 0) is 23.7 Å². The minimum Gasteiger partial charge on any atom is -0.512 e. The SMILES string of the molecule is O=[C]=[FeH]=[C]=O.OC1=CC=CC1. The molecule has 0 aliphatic heterocycles. The zero-order valence-electron chi connectivity index (χ0n) is 5.58. The first-order chi connectivity index (χ1) is 5.31. The van der Waals surface area contributed by atoms with E-state index in [2.05, 4.69) is 0 Å². The zero-order chi connectivity index (χ0) is 8.53. The molecule has 0 heterocycles. The molecule has 61 valence electrons. The molecular weight excluding hydrogens is 188 g/mol. The first kappa shape index (κ1) is 9.96. The summed E-state index contributed by atoms with van der Waals surface area (Å²) in [5.41, 5.74) is 0. The first-order valence-corrected chi connectivity index (χ1v) is 3.91. The Morgan fingerprint density at radius 1 is 1.45 bits per heavy atom. The van der Waals surface area contributed by atoms with Crippen LogP contribution in [0.2, 0.25) is 0 Å². The number of aliphatic hydroxyl groups is 1. The van der Waals surface area contributed by atoms with Crippen LogP contribution in [0, 0.1) is 0 Å². The third kappa shape index (κ3) is 6.85. The molecule has 0 radical (unpaired) electrons. The molecule has 0 aromatic carbocycles. The minimum absolute atomic E-state index is 0.438. The van der Waals surface area contributed by atoms with Gasteiger partial charge in [0.05, 0.1) is 5.76 Å². The van der Waals surface area contributed by atoms with Gasteiger partial charge in [-0.05, 0) is 6.08 Å². The maximum Gasteiger partial charge on any atom is 0.0960 e. The molecule has 1 rings (SSSR count). The van der Waals surface area contributed by atoms with Crippen molar-refractivity contribution in [2.45, 2.75) is 6.42 Å². The summed E-state index contributed by atoms with van der Waals surface area (Å²) >= 11 is -0.438. The molecule has 0 saturated carbocycles. The molecule has 1 aliphatic rings. The Kier molecular flexibility index (Phi) is 6.40. The predicted molar refractivity (Wildman–Crippen MR) is 37.3 cm³/mol. The van der Waals surface area contributed by atoms with Crippen molar-refractivity contribution in [2.24, 2.45) is 0 Å². The number of hydrogen-bond donors (Lipinski definition) is 1. The zero-order valence-corrected chi connectivity index (χ0v) is 6.76. The summed E-state index contributed by atoms with van der Waals surface area (Å²) < 4.78 is 0. The minimum atomic E-state index is -0.438. The quantitative estimate of drug-likeness (QED) is 0.566. The van der Waals surface area contributed by atoms with Crippen LogP contribution in [0.1, 0.15) is 6.42 Å². The van der Waals surface area contributed by atoms with Gasteiger partial charge in [0.25, 0.3) is 0 Å². The van der Waals surface area contributed by atoms with Crippen LogP contribution in [0.15, 0.2) is 24.0 Å². The molecule has 0 aromatic heterocycles. The smallest absolute Gasteiger partial charge is 0.0960 e. The standard InChI is InChI=1S/C5H6O.2CO.Fe.H/c6-5-3-1-2-4-5;2*1-2;;/h1-3,6H,4H2;;;;. The van der Waals surface area contributed by atoms with E-state index in [-0.39, 0.29) is 0 Å². The van der Waals surface area contributed by atoms with Gasteiger partial charge in [-0.3, -0.25) is 0 Å². The Hall–Kier alpha value is -1.04. The Labute approximate surface area is 69.3 Å². The Bertz CT molecular complexity index is 262. The number of carbonyl (C=O) groups excluding carboxylic acids is 2. The molecule has 0 spiro atoms. The maximum absolute atomic E-state index is 9.03. The van der Waals surface area contributed by atoms with Gasteiger partial charge in [-0.25, -0.2) is 0 Å². The second-order valence-electron chi connectivity index (χ2n) is 1.54. The molecular formula is C7H7FeO3. The van der Waals surface area contributed by atoms with E-state index in [4.69, 9.17) is 14.7 Å². The number of rotatable bonds is 0. The van der Waals surface area contributed by atoms with Gasteiger partial charge in [-0.2, -0.15) is 0 Å². The average molecular weight is 195 g/mol. The topological polar surface area (TPSA) is 54.4 Å². The molecule has 0 aromatic rings. The van der Waals surface area contributed by atoms with Crippen LogP contribution in [0.3, 0.4) is 0 Å². The second-order valence-corrected chi connectivity index (χ2v) is 2.32. The molecule has 0 amide bonds. The Balaban J connectivity index is 0.000000187. The maximum atomic E-state index is 9.03. The summed E-state index contributed by atoms with van der Waals surface area (Å²) in [6, 6.07) is 0. The van der Waals surface area contributed by atoms with Crippen LogP contribution >= 0.6 is 0 Å². The summed E-state index contributed by atoms with van der Waals surface area (Å²) in [4.78, 5) is 20.8. The molecule has 11 heavy (non-hydrogen) atoms. The van der Waals surface area contributed by atoms with Crippen LogP contribution in [0.4, 0.5) is 0 Å². The Morgan fingerprint density at radius 2 is 2.09 bits per heavy atom. The monoisotopic (exact) mass is 195 g/mol. The van der Waals surface area contributed by atoms with Gasteiger partial charge in [0.2, 0.25) is 0 Å². The molecule has 0 saturated heterocycles. The summed E-state index contributed by atoms with van der Waals surface area (Å²) in [6.07, 6.45) is 6.17. The molecule has 1 N–H and O–H groups in total. The predicted octanol–water partition coefficient (Wildman–Crippen LogP) is 0.324. The van der Waals surface area contributed by atoms with Crippen molar-refractivity contribution in [3.63, 3.8) is 0 Å². The van der Waals surface area contributed by atoms with Crippen LogP contribution < -0.4 is 0 Å². The van der Waals surface area contributed by atoms with E-state index in [1.165, 1.54) is 9.57 Å². The van der Waals surface area contributed by atoms with E-state index >= 15 is 0 Å². The van der Waals surface area contributed by atoms with E-state index in [0.717, 1.165) is 6.42 Å². The van der Waals surface area contributed by atoms with Crippen LogP contribution in [-0.4, -0.2) is 14.7 Å². The van der Waals surface area contributed by atoms with Crippen molar-refractivity contribution in [3.05, 3.63) is 24.0 Å². The van der Waals surface area contributed by atoms with Crippen molar-refractivity contribution >= 4 is 9.57 Å². The fourth-order valence-corrected chi connectivity index (χ4v) is 0.501. The molecule has 0 unspecified atom stereocenters. The normalized spacial score (nSPS) is 12.2. The molecule has 3 nitrogen and oxygen atoms in total. The van der Waals surface area contributed by atoms with Gasteiger partial charge in [-0.1, -0.05) is 12.2 Å². The van der Waals surface area contributed by atoms with Gasteiger partial charge in [-0.15, -0.1) is 0 Å². The van der Waals surface area contributed by atoms with Gasteiger partial charge in [0, 0.05) is 6.42 Å². The summed E-state index contributed by atoms with van der Waals surface area (Å²) in [5.74, 6) is 0.468. The van der Waals surface area contributed by atoms with Crippen molar-refractivity contribution in [1.29, 1.82) is 0 Å². The fourth-order valence-electron chi connectivity index (χ4n) is 0.452. The molecule has 4 heteroatoms. The average Bonchev–Trinajstić information content (AvgIpc) is 2.43. The van der Waals surface area contributed by atoms with Crippen molar-refractivity contribution in [2.75, 3.05) is 0 Å². The van der Waals surface area contributed by atoms with Gasteiger partial charge >= 0.3 is 33.2 Å². The number of hydrogen-bond acceptors (Lipinski definition) is 3. The van der Waals surface area contributed by atoms with E-state index < -0.39 is 14.1 Å². The van der Waals surface area contributed by atoms with E-state index in [1.807, 2.05) is 12.2 Å². The number of aliphatic hydroxyl groups excluding tert-OH is 1. The van der Waals surface area contributed by atoms with Crippen molar-refractivity contribution in [3.8, 4) is 0 Å². The second kappa shape index (κ2) is 7.07. The van der Waals surface area contributed by atoms with Crippen molar-refractivity contribution in [1.82, 2.24) is 0 Å². The third-order valence-corrected chi connectivity index (χ3v) is 1.07. The van der Waals surface area contributed by atoms with Crippen LogP contribution in [0.5, 0.6) is 0 Å². The largest absolute Gasteiger partial charge is 0.512 e. The van der Waals surface area contributed by atoms with E-state index in [9.17, 15) is 0 Å². The third-order valence-electron chi connectivity index (χ3n) is 0.829. The molecule has 0 atom stereocenters. The number of allylic oxidation sites excluding steroid dienone is 3. The molecule has 0 bridgehead atoms. The van der Waals surface area contributed by atoms with Crippen molar-refractivity contribution < 1.29 is 28.8 Å². The van der Waals surface area contributed by atoms with Crippen LogP contribution in [0.25, 0.3) is 0 Å². The van der Waals surface area contributed by atoms with Gasteiger partial charge in [0.1, 0.15) is 0 Å². The molecule has 1 aliphatic carbocycles. The summed E-state index contributed by atoms with van der Waals surface area (Å²) in [6.45, 7) is 0.